The number of aliphatic carboxylic acids is 1. The van der Waals surface area contributed by atoms with Gasteiger partial charge in [0.1, 0.15) is 34.9 Å². The van der Waals surface area contributed by atoms with E-state index in [1.807, 2.05) is 0 Å². The first-order valence-corrected chi connectivity index (χ1v) is 26.1. The number of amides is 4. The van der Waals surface area contributed by atoms with E-state index in [1.165, 1.54) is 106 Å². The van der Waals surface area contributed by atoms with Gasteiger partial charge in [0.2, 0.25) is 0 Å². The Morgan fingerprint density at radius 3 is 1.40 bits per heavy atom. The van der Waals surface area contributed by atoms with E-state index in [2.05, 4.69) is 51.2 Å². The molecule has 0 radical (unpaired) electrons. The fraction of sp³-hybridized carbons (Fsp3) is 0.345. The molecule has 4 amide bonds. The number of anilines is 4. The normalized spacial score (nSPS) is 16.2. The first-order chi connectivity index (χ1) is 39.3. The topological polar surface area (TPSA) is 331 Å². The molecule has 2 aliphatic heterocycles. The second-order valence-electron chi connectivity index (χ2n) is 20.5. The predicted molar refractivity (Wildman–Crippen MR) is 300 cm³/mol. The number of esters is 1. The molecule has 1 unspecified atom stereocenters. The number of pyridine rings is 2. The number of hydrogen-bond donors (Lipinski definition) is 5. The van der Waals surface area contributed by atoms with E-state index in [-0.39, 0.29) is 124 Å². The van der Waals surface area contributed by atoms with Crippen molar-refractivity contribution in [3.05, 3.63) is 119 Å². The molecular formula is C55H59Cl2F2N12NaO13. The summed E-state index contributed by atoms with van der Waals surface area (Å²) in [7, 11) is 4.04. The predicted octanol–water partition coefficient (Wildman–Crippen LogP) is 5.47. The van der Waals surface area contributed by atoms with Gasteiger partial charge in [-0.15, -0.1) is 0 Å². The van der Waals surface area contributed by atoms with Crippen molar-refractivity contribution in [3.63, 3.8) is 0 Å². The van der Waals surface area contributed by atoms with E-state index in [9.17, 15) is 42.7 Å². The van der Waals surface area contributed by atoms with Gasteiger partial charge < -0.3 is 55.5 Å². The van der Waals surface area contributed by atoms with Gasteiger partial charge in [-0.25, -0.2) is 47.9 Å². The third-order valence-corrected chi connectivity index (χ3v) is 12.7. The minimum absolute atomic E-state index is 0. The van der Waals surface area contributed by atoms with E-state index in [1.54, 1.807) is 47.6 Å². The van der Waals surface area contributed by atoms with Crippen LogP contribution < -0.4 is 60.3 Å². The molecule has 4 atom stereocenters. The van der Waals surface area contributed by atoms with Gasteiger partial charge >= 0.3 is 53.7 Å². The molecule has 6 heterocycles. The zero-order valence-corrected chi connectivity index (χ0v) is 51.2. The van der Waals surface area contributed by atoms with Crippen molar-refractivity contribution in [1.82, 2.24) is 50.3 Å². The Morgan fingerprint density at radius 1 is 0.624 bits per heavy atom. The van der Waals surface area contributed by atoms with Crippen molar-refractivity contribution < 1.29 is 101 Å². The number of nitrogens with one attached hydrogen (secondary N) is 4. The molecule has 4 aromatic heterocycles. The standard InChI is InChI=1S/C28H30ClFN6O6.C27H28ClFN6O6.Na.H2O/c1-28(2,3)42-27(39)36-14-16(11-21(36)26(38)41-5)33-25(37)18-12-31-9-8-20(18)34-24-22(40-4)13-32-23(35-24)17-10-15(29)6-7-19(17)30;1-27(2,3)41-26(39)35-13-15(10-20(35)25(37)38)32-24(36)17-11-30-8-7-19(17)33-23-21(40-4)12-31-22(34-23)16-9-14(28)5-6-18(16)29;;/h6-10,12-13,16,21H,11,14H2,1-5H3,(H,33,37)(H,31,32,34,35);5-9,11-12,15,20H,10,13H2,1-4H3,(H,32,36)(H,37,38)(H,30,31,33,34);;1H2/q;;+1;/p-1/t16-,21-;15?,20-;;/m11../s1. The molecule has 8 rings (SSSR count). The molecule has 30 heteroatoms. The summed E-state index contributed by atoms with van der Waals surface area (Å²) in [6.07, 6.45) is 6.92. The third kappa shape index (κ3) is 17.5. The average Bonchev–Trinajstić information content (AvgIpc) is 3.15. The number of nitrogens with zero attached hydrogens (tertiary/aromatic N) is 8. The van der Waals surface area contributed by atoms with E-state index < -0.39 is 82.9 Å². The van der Waals surface area contributed by atoms with Gasteiger partial charge in [-0.05, 0) is 90.1 Å². The van der Waals surface area contributed by atoms with Crippen LogP contribution in [0.3, 0.4) is 0 Å². The van der Waals surface area contributed by atoms with E-state index >= 15 is 0 Å². The number of carbonyl (C=O) groups is 6. The van der Waals surface area contributed by atoms with Gasteiger partial charge in [0.15, 0.2) is 34.8 Å². The first kappa shape index (κ1) is 67.7. The van der Waals surface area contributed by atoms with Crippen molar-refractivity contribution in [2.24, 2.45) is 0 Å². The summed E-state index contributed by atoms with van der Waals surface area (Å²) < 4.78 is 55.3. The molecule has 0 bridgehead atoms. The van der Waals surface area contributed by atoms with Crippen LogP contribution in [0.2, 0.25) is 10.0 Å². The quantitative estimate of drug-likeness (QED) is 0.0513. The maximum atomic E-state index is 14.5. The van der Waals surface area contributed by atoms with Crippen LogP contribution in [0.15, 0.2) is 85.7 Å². The Morgan fingerprint density at radius 2 is 1.02 bits per heavy atom. The van der Waals surface area contributed by atoms with Gasteiger partial charge in [-0.3, -0.25) is 29.4 Å². The molecular weight excluding hydrogens is 1170 g/mol. The third-order valence-electron chi connectivity index (χ3n) is 12.2. The molecule has 2 aliphatic rings. The molecule has 6 aromatic rings. The van der Waals surface area contributed by atoms with Crippen LogP contribution >= 0.6 is 23.2 Å². The van der Waals surface area contributed by atoms with Crippen molar-refractivity contribution >= 4 is 82.2 Å². The summed E-state index contributed by atoms with van der Waals surface area (Å²) in [5.74, 6) is -3.27. The summed E-state index contributed by atoms with van der Waals surface area (Å²) >= 11 is 12.1. The number of methoxy groups -OCH3 is 3. The monoisotopic (exact) mass is 1230 g/mol. The van der Waals surface area contributed by atoms with Crippen molar-refractivity contribution in [1.29, 1.82) is 0 Å². The number of carboxylic acid groups (broad SMARTS) is 1. The van der Waals surface area contributed by atoms with Gasteiger partial charge in [0.25, 0.3) is 11.8 Å². The van der Waals surface area contributed by atoms with Crippen LogP contribution in [0.4, 0.5) is 41.4 Å². The van der Waals surface area contributed by atoms with Crippen LogP contribution in [0.25, 0.3) is 22.8 Å². The Kier molecular flexibility index (Phi) is 23.2. The largest absolute Gasteiger partial charge is 1.00 e. The second kappa shape index (κ2) is 29.1. The maximum Gasteiger partial charge on any atom is 1.00 e. The molecule has 0 spiro atoms. The Hall–Kier alpha value is -8.08. The zero-order valence-electron chi connectivity index (χ0n) is 47.7. The summed E-state index contributed by atoms with van der Waals surface area (Å²) in [6, 6.07) is 7.73. The summed E-state index contributed by atoms with van der Waals surface area (Å²) in [5.41, 5.74) is -0.623. The summed E-state index contributed by atoms with van der Waals surface area (Å²) in [6.45, 7) is 10.1. The number of carbonyl (C=O) groups excluding carboxylic acids is 5. The number of rotatable bonds is 14. The van der Waals surface area contributed by atoms with E-state index in [0.717, 1.165) is 4.90 Å². The fourth-order valence-electron chi connectivity index (χ4n) is 8.49. The van der Waals surface area contributed by atoms with Crippen LogP contribution in [-0.2, 0) is 23.8 Å². The number of benzene rings is 2. The van der Waals surface area contributed by atoms with Crippen LogP contribution in [0.5, 0.6) is 11.5 Å². The summed E-state index contributed by atoms with van der Waals surface area (Å²) in [5, 5.41) is 21.9. The van der Waals surface area contributed by atoms with Crippen molar-refractivity contribution in [3.8, 4) is 34.3 Å². The van der Waals surface area contributed by atoms with E-state index in [4.69, 9.17) is 46.9 Å². The molecule has 0 aliphatic carbocycles. The first-order valence-electron chi connectivity index (χ1n) is 25.3. The Bertz CT molecular complexity index is 3440. The molecule has 85 heavy (non-hydrogen) atoms. The molecule has 2 fully saturated rings. The smallest absolute Gasteiger partial charge is 0.870 e. The maximum absolute atomic E-state index is 14.5. The summed E-state index contributed by atoms with van der Waals surface area (Å²) in [4.78, 5) is 104. The average molecular weight is 1230 g/mol. The molecule has 25 nitrogen and oxygen atoms in total. The molecule has 2 saturated heterocycles. The number of hydrogen-bond acceptors (Lipinski definition) is 20. The number of likely N-dealkylation sites (tertiary alicyclic amines) is 2. The van der Waals surface area contributed by atoms with Gasteiger partial charge in [0.05, 0.1) is 67.4 Å². The second-order valence-corrected chi connectivity index (χ2v) is 21.4. The van der Waals surface area contributed by atoms with Crippen molar-refractivity contribution in [2.45, 2.75) is 89.8 Å². The van der Waals surface area contributed by atoms with Gasteiger partial charge in [0, 0.05) is 72.8 Å². The molecule has 0 saturated carbocycles. The van der Waals surface area contributed by atoms with Crippen LogP contribution in [0, 0.1) is 11.6 Å². The van der Waals surface area contributed by atoms with Gasteiger partial charge in [-0.1, -0.05) is 23.2 Å². The number of carboxylic acids is 1. The minimum Gasteiger partial charge on any atom is -0.870 e. The van der Waals surface area contributed by atoms with Crippen LogP contribution in [0.1, 0.15) is 75.1 Å². The number of ether oxygens (including phenoxy) is 5. The van der Waals surface area contributed by atoms with Crippen LogP contribution in [-0.4, -0.2) is 156 Å². The molecule has 446 valence electrons. The number of halogens is 4. The fourth-order valence-corrected chi connectivity index (χ4v) is 8.83. The van der Waals surface area contributed by atoms with Crippen molar-refractivity contribution in [2.75, 3.05) is 45.1 Å². The molecule has 2 aromatic carbocycles. The minimum atomic E-state index is -1.21. The van der Waals surface area contributed by atoms with E-state index in [0.29, 0.717) is 15.7 Å². The number of aromatic nitrogens is 6. The Balaban J connectivity index is 0.000000304. The molecule has 6 N–H and O–H groups in total. The van der Waals surface area contributed by atoms with Gasteiger partial charge in [-0.2, -0.15) is 0 Å². The zero-order chi connectivity index (χ0) is 60.5. The SMILES string of the molecule is COC(=O)[C@H]1C[C@@H](NC(=O)c2cnccc2Nc2nc(-c3cc(Cl)ccc3F)ncc2OC)CN1C(=O)OC(C)(C)C.COc1cnc(-c2cc(Cl)ccc2F)nc1Nc1ccncc1C(=O)NC1C[C@H](C(=O)O)N(C(=O)OC(C)(C)C)C1.[Na+].[OH-]. The Labute approximate surface area is 518 Å².